The number of hydrogen-bond acceptors (Lipinski definition) is 5. The minimum absolute atomic E-state index is 0.220. The molecule has 0 atom stereocenters. The van der Waals surface area contributed by atoms with Crippen molar-refractivity contribution in [1.82, 2.24) is 9.99 Å². The molecule has 0 saturated carbocycles. The number of aromatic nitrogens is 1. The zero-order valence-corrected chi connectivity index (χ0v) is 15.6. The first-order valence-corrected chi connectivity index (χ1v) is 9.31. The Balaban J connectivity index is 1.96. The van der Waals surface area contributed by atoms with Gasteiger partial charge in [0.05, 0.1) is 17.8 Å². The number of hydrazone groups is 1. The summed E-state index contributed by atoms with van der Waals surface area (Å²) in [5.74, 6) is -0.435. The maximum absolute atomic E-state index is 11.3. The number of nitrogens with one attached hydrogen (secondary N) is 1. The van der Waals surface area contributed by atoms with Crippen molar-refractivity contribution in [2.45, 2.75) is 46.0 Å². The number of thiophene rings is 1. The topological polar surface area (TPSA) is 94.0 Å². The lowest BCUT2D eigenvalue weighted by Crippen LogP contribution is -2.16. The van der Waals surface area contributed by atoms with Crippen LogP contribution in [0.15, 0.2) is 11.2 Å². The largest absolute Gasteiger partial charge is 0.308 e. The van der Waals surface area contributed by atoms with Crippen LogP contribution in [0.4, 0.5) is 0 Å². The zero-order valence-electron chi connectivity index (χ0n) is 14.8. The quantitative estimate of drug-likeness (QED) is 0.665. The Bertz CT molecular complexity index is 968. The van der Waals surface area contributed by atoms with Gasteiger partial charge in [0.1, 0.15) is 17.5 Å². The van der Waals surface area contributed by atoms with Crippen LogP contribution in [0.2, 0.25) is 0 Å². The van der Waals surface area contributed by atoms with Crippen LogP contribution in [-0.4, -0.2) is 16.7 Å². The number of nitriles is 2. The first-order chi connectivity index (χ1) is 12.6. The molecule has 1 amide bonds. The molecule has 7 heteroatoms. The van der Waals surface area contributed by atoms with Gasteiger partial charge in [0.2, 0.25) is 0 Å². The van der Waals surface area contributed by atoms with E-state index in [1.165, 1.54) is 16.9 Å². The van der Waals surface area contributed by atoms with E-state index in [0.717, 1.165) is 46.8 Å². The van der Waals surface area contributed by atoms with Gasteiger partial charge in [-0.05, 0) is 51.2 Å². The number of carbonyl (C=O) groups is 1. The average molecular weight is 365 g/mol. The molecule has 2 aromatic heterocycles. The third-order valence-electron chi connectivity index (χ3n) is 4.57. The van der Waals surface area contributed by atoms with Crippen molar-refractivity contribution in [3.05, 3.63) is 39.0 Å². The lowest BCUT2D eigenvalue weighted by Gasteiger charge is -2.10. The Hall–Kier alpha value is -2.90. The number of carbonyl (C=O) groups excluding carboxylic acids is 1. The first-order valence-electron chi connectivity index (χ1n) is 8.49. The van der Waals surface area contributed by atoms with E-state index in [0.29, 0.717) is 0 Å². The highest BCUT2D eigenvalue weighted by Crippen LogP contribution is 2.38. The molecule has 26 heavy (non-hydrogen) atoms. The third kappa shape index (κ3) is 3.26. The summed E-state index contributed by atoms with van der Waals surface area (Å²) in [5.41, 5.74) is 7.20. The molecule has 6 nitrogen and oxygen atoms in total. The Labute approximate surface area is 156 Å². The first kappa shape index (κ1) is 17.9. The Morgan fingerprint density at radius 1 is 1.38 bits per heavy atom. The Kier molecular flexibility index (Phi) is 5.20. The molecular weight excluding hydrogens is 346 g/mol. The monoisotopic (exact) mass is 365 g/mol. The molecule has 2 heterocycles. The highest BCUT2D eigenvalue weighted by atomic mass is 32.1. The Morgan fingerprint density at radius 2 is 2.15 bits per heavy atom. The highest BCUT2D eigenvalue weighted by Gasteiger charge is 2.23. The molecule has 0 aromatic carbocycles. The SMILES string of the molecule is Cc1cc(/C=N/NC(=O)CC#N)c(C)n1-c1sc2c(c1C#N)CCCC2. The van der Waals surface area contributed by atoms with Crippen molar-refractivity contribution in [2.24, 2.45) is 5.10 Å². The van der Waals surface area contributed by atoms with Crippen LogP contribution in [0.3, 0.4) is 0 Å². The summed E-state index contributed by atoms with van der Waals surface area (Å²) in [6.45, 7) is 3.98. The number of aryl methyl sites for hydroxylation is 2. The summed E-state index contributed by atoms with van der Waals surface area (Å²) in [7, 11) is 0. The van der Waals surface area contributed by atoms with Crippen molar-refractivity contribution in [3.8, 4) is 17.1 Å². The zero-order chi connectivity index (χ0) is 18.7. The van der Waals surface area contributed by atoms with E-state index in [9.17, 15) is 10.1 Å². The number of rotatable bonds is 4. The second kappa shape index (κ2) is 7.55. The molecule has 3 rings (SSSR count). The van der Waals surface area contributed by atoms with Crippen LogP contribution in [0, 0.1) is 36.5 Å². The summed E-state index contributed by atoms with van der Waals surface area (Å²) in [4.78, 5) is 12.6. The smallest absolute Gasteiger partial charge is 0.254 e. The molecule has 0 fully saturated rings. The fraction of sp³-hybridized carbons (Fsp3) is 0.368. The van der Waals surface area contributed by atoms with Crippen molar-refractivity contribution in [1.29, 1.82) is 10.5 Å². The average Bonchev–Trinajstić information content (AvgIpc) is 3.11. The molecule has 0 aliphatic heterocycles. The molecule has 1 aliphatic carbocycles. The second-order valence-electron chi connectivity index (χ2n) is 6.29. The highest BCUT2D eigenvalue weighted by molar-refractivity contribution is 7.15. The summed E-state index contributed by atoms with van der Waals surface area (Å²) < 4.78 is 2.10. The third-order valence-corrected chi connectivity index (χ3v) is 5.85. The van der Waals surface area contributed by atoms with Gasteiger partial charge in [-0.1, -0.05) is 0 Å². The minimum Gasteiger partial charge on any atom is -0.308 e. The minimum atomic E-state index is -0.435. The van der Waals surface area contributed by atoms with E-state index in [1.54, 1.807) is 23.6 Å². The molecule has 132 valence electrons. The van der Waals surface area contributed by atoms with Crippen molar-refractivity contribution < 1.29 is 4.79 Å². The molecule has 2 aromatic rings. The van der Waals surface area contributed by atoms with Gasteiger partial charge in [-0.2, -0.15) is 15.6 Å². The van der Waals surface area contributed by atoms with Gasteiger partial charge in [-0.15, -0.1) is 11.3 Å². The molecule has 1 aliphatic rings. The van der Waals surface area contributed by atoms with Gasteiger partial charge in [0, 0.05) is 21.8 Å². The van der Waals surface area contributed by atoms with Crippen molar-refractivity contribution in [3.63, 3.8) is 0 Å². The van der Waals surface area contributed by atoms with Gasteiger partial charge >= 0.3 is 0 Å². The molecule has 0 bridgehead atoms. The predicted octanol–water partition coefficient (Wildman–Crippen LogP) is 3.27. The molecule has 0 saturated heterocycles. The van der Waals surface area contributed by atoms with E-state index in [4.69, 9.17) is 5.26 Å². The summed E-state index contributed by atoms with van der Waals surface area (Å²) >= 11 is 1.71. The van der Waals surface area contributed by atoms with Crippen LogP contribution in [0.5, 0.6) is 0 Å². The number of amides is 1. The maximum Gasteiger partial charge on any atom is 0.254 e. The second-order valence-corrected chi connectivity index (χ2v) is 7.38. The fourth-order valence-electron chi connectivity index (χ4n) is 3.34. The number of hydrogen-bond donors (Lipinski definition) is 1. The van der Waals surface area contributed by atoms with Crippen LogP contribution in [0.25, 0.3) is 5.00 Å². The van der Waals surface area contributed by atoms with E-state index >= 15 is 0 Å². The van der Waals surface area contributed by atoms with E-state index < -0.39 is 5.91 Å². The van der Waals surface area contributed by atoms with Gasteiger partial charge in [-0.25, -0.2) is 5.43 Å². The van der Waals surface area contributed by atoms with Crippen LogP contribution < -0.4 is 5.43 Å². The lowest BCUT2D eigenvalue weighted by atomic mass is 9.96. The van der Waals surface area contributed by atoms with E-state index in [-0.39, 0.29) is 6.42 Å². The summed E-state index contributed by atoms with van der Waals surface area (Å²) in [6, 6.07) is 6.17. The predicted molar refractivity (Wildman–Crippen MR) is 100 cm³/mol. The standard InChI is InChI=1S/C19H19N5OS/c1-12-9-14(11-22-23-18(25)7-8-20)13(2)24(12)19-16(10-21)15-5-3-4-6-17(15)26-19/h9,11H,3-7H2,1-2H3,(H,23,25)/b22-11+. The van der Waals surface area contributed by atoms with Gasteiger partial charge in [0.25, 0.3) is 5.91 Å². The van der Waals surface area contributed by atoms with Gasteiger partial charge in [0.15, 0.2) is 0 Å². The van der Waals surface area contributed by atoms with Crippen LogP contribution in [0.1, 0.15) is 52.2 Å². The molecular formula is C19H19N5OS. The molecule has 1 N–H and O–H groups in total. The molecule has 0 spiro atoms. The van der Waals surface area contributed by atoms with Gasteiger partial charge in [-0.3, -0.25) is 4.79 Å². The summed E-state index contributed by atoms with van der Waals surface area (Å²) in [6.07, 6.45) is 5.71. The van der Waals surface area contributed by atoms with Crippen molar-refractivity contribution >= 4 is 23.5 Å². The summed E-state index contributed by atoms with van der Waals surface area (Å²) in [5, 5.41) is 23.1. The number of nitrogens with zero attached hydrogens (tertiary/aromatic N) is 4. The molecule has 0 radical (unpaired) electrons. The fourth-order valence-corrected chi connectivity index (χ4v) is 4.79. The lowest BCUT2D eigenvalue weighted by molar-refractivity contribution is -0.120. The van der Waals surface area contributed by atoms with Crippen LogP contribution in [-0.2, 0) is 17.6 Å². The maximum atomic E-state index is 11.3. The van der Waals surface area contributed by atoms with Crippen LogP contribution >= 0.6 is 11.3 Å². The Morgan fingerprint density at radius 3 is 2.88 bits per heavy atom. The number of fused-ring (bicyclic) bond motifs is 1. The van der Waals surface area contributed by atoms with Crippen molar-refractivity contribution in [2.75, 3.05) is 0 Å². The molecule has 0 unspecified atom stereocenters. The normalized spacial score (nSPS) is 13.2. The van der Waals surface area contributed by atoms with E-state index in [1.807, 2.05) is 19.9 Å². The van der Waals surface area contributed by atoms with Gasteiger partial charge < -0.3 is 4.57 Å². The van der Waals surface area contributed by atoms with E-state index in [2.05, 4.69) is 21.2 Å².